The number of Topliss-reactive ketones (excluding diaryl/α,β-unsaturated/α-hetero) is 1. The van der Waals surface area contributed by atoms with Crippen molar-refractivity contribution >= 4 is 5.78 Å². The molecule has 0 N–H and O–H groups in total. The van der Waals surface area contributed by atoms with Gasteiger partial charge in [-0.3, -0.25) is 4.79 Å². The van der Waals surface area contributed by atoms with Crippen LogP contribution in [0.25, 0.3) is 0 Å². The van der Waals surface area contributed by atoms with Crippen molar-refractivity contribution in [2.45, 2.75) is 80.6 Å². The summed E-state index contributed by atoms with van der Waals surface area (Å²) in [6.07, 6.45) is 5.49. The summed E-state index contributed by atoms with van der Waals surface area (Å²) in [5.74, 6) is 1.82. The summed E-state index contributed by atoms with van der Waals surface area (Å²) in [5, 5.41) is 0. The van der Waals surface area contributed by atoms with Crippen molar-refractivity contribution < 1.29 is 25.9 Å². The average Bonchev–Trinajstić information content (AvgIpc) is 2.51. The van der Waals surface area contributed by atoms with Gasteiger partial charge in [-0.1, -0.05) is 40.5 Å². The monoisotopic (exact) mass is 488 g/mol. The molecule has 0 spiro atoms. The molecule has 0 amide bonds. The van der Waals surface area contributed by atoms with Crippen LogP contribution in [0.15, 0.2) is 30.3 Å². The van der Waals surface area contributed by atoms with Gasteiger partial charge in [-0.2, -0.15) is 56.7 Å². The maximum absolute atomic E-state index is 11.5. The number of carbonyl (C=O) groups is 1. The zero-order valence-electron chi connectivity index (χ0n) is 16.2. The van der Waals surface area contributed by atoms with Crippen LogP contribution < -0.4 is 0 Å². The zero-order chi connectivity index (χ0) is 17.4. The molecular weight excluding hydrogens is 452 g/mol. The summed E-state index contributed by atoms with van der Waals surface area (Å²) in [6, 6.07) is 12.5. The molecule has 0 aromatic heterocycles. The van der Waals surface area contributed by atoms with Gasteiger partial charge in [0.05, 0.1) is 0 Å². The normalized spacial score (nSPS) is 11.8. The summed E-state index contributed by atoms with van der Waals surface area (Å²) in [4.78, 5) is 11.5. The summed E-state index contributed by atoms with van der Waals surface area (Å²) >= 11 is 0. The molecular formula is C21H36OW. The van der Waals surface area contributed by atoms with E-state index in [1.165, 1.54) is 5.92 Å². The van der Waals surface area contributed by atoms with E-state index in [-0.39, 0.29) is 26.5 Å². The van der Waals surface area contributed by atoms with Crippen molar-refractivity contribution in [2.75, 3.05) is 0 Å². The Balaban J connectivity index is -0.000000369. The van der Waals surface area contributed by atoms with E-state index in [1.807, 2.05) is 44.2 Å². The van der Waals surface area contributed by atoms with Crippen LogP contribution in [0.5, 0.6) is 0 Å². The first-order valence-electron chi connectivity index (χ1n) is 8.63. The first-order chi connectivity index (χ1) is 10.4. The Kier molecular flexibility index (Phi) is 21.4. The minimum absolute atomic E-state index is 0. The topological polar surface area (TPSA) is 17.1 Å². The fourth-order valence-electron chi connectivity index (χ4n) is 2.20. The molecule has 0 saturated heterocycles. The molecule has 0 aliphatic heterocycles. The Labute approximate surface area is 159 Å². The Morgan fingerprint density at radius 2 is 1.61 bits per heavy atom. The Morgan fingerprint density at radius 1 is 1.09 bits per heavy atom. The third-order valence-electron chi connectivity index (χ3n) is 3.66. The molecule has 0 bridgehead atoms. The first kappa shape index (κ1) is 27.4. The quantitative estimate of drug-likeness (QED) is 0.392. The van der Waals surface area contributed by atoms with E-state index in [2.05, 4.69) is 33.8 Å². The summed E-state index contributed by atoms with van der Waals surface area (Å²) < 4.78 is 0. The van der Waals surface area contributed by atoms with Gasteiger partial charge in [0.25, 0.3) is 0 Å². The van der Waals surface area contributed by atoms with Crippen LogP contribution in [0.2, 0.25) is 0 Å². The van der Waals surface area contributed by atoms with Gasteiger partial charge >= 0.3 is 21.1 Å². The van der Waals surface area contributed by atoms with Crippen LogP contribution in [-0.4, -0.2) is 5.78 Å². The number of benzene rings is 1. The van der Waals surface area contributed by atoms with Crippen molar-refractivity contribution in [1.29, 1.82) is 0 Å². The van der Waals surface area contributed by atoms with Gasteiger partial charge in [-0.15, -0.1) is 0 Å². The SMILES string of the molecule is CC.CCCC(C)(CCC[C-](C)C)C(C)=O.[W+2].[c-]1ccccc1. The predicted molar refractivity (Wildman–Crippen MR) is 98.8 cm³/mol. The van der Waals surface area contributed by atoms with E-state index >= 15 is 0 Å². The van der Waals surface area contributed by atoms with Gasteiger partial charge in [0.1, 0.15) is 5.78 Å². The van der Waals surface area contributed by atoms with E-state index < -0.39 is 0 Å². The van der Waals surface area contributed by atoms with Crippen molar-refractivity contribution in [3.05, 3.63) is 42.3 Å². The average molecular weight is 488 g/mol. The number of ketones is 1. The zero-order valence-corrected chi connectivity index (χ0v) is 19.2. The molecule has 0 radical (unpaired) electrons. The van der Waals surface area contributed by atoms with Crippen LogP contribution in [-0.2, 0) is 25.9 Å². The van der Waals surface area contributed by atoms with E-state index in [0.29, 0.717) is 5.78 Å². The molecule has 0 aliphatic rings. The molecule has 0 saturated carbocycles. The van der Waals surface area contributed by atoms with Crippen LogP contribution >= 0.6 is 0 Å². The van der Waals surface area contributed by atoms with Crippen molar-refractivity contribution in [1.82, 2.24) is 0 Å². The van der Waals surface area contributed by atoms with E-state index in [0.717, 1.165) is 32.1 Å². The third-order valence-corrected chi connectivity index (χ3v) is 3.66. The number of rotatable bonds is 7. The molecule has 1 unspecified atom stereocenters. The van der Waals surface area contributed by atoms with Crippen LogP contribution in [0.1, 0.15) is 80.6 Å². The summed E-state index contributed by atoms with van der Waals surface area (Å²) in [7, 11) is 0. The maximum Gasteiger partial charge on any atom is 2.00 e. The van der Waals surface area contributed by atoms with E-state index in [1.54, 1.807) is 6.92 Å². The minimum Gasteiger partial charge on any atom is -0.320 e. The van der Waals surface area contributed by atoms with Gasteiger partial charge in [0.2, 0.25) is 0 Å². The molecule has 1 aromatic rings. The number of hydrogen-bond donors (Lipinski definition) is 0. The van der Waals surface area contributed by atoms with Crippen molar-refractivity contribution in [3.63, 3.8) is 0 Å². The second-order valence-electron chi connectivity index (χ2n) is 6.00. The van der Waals surface area contributed by atoms with Crippen LogP contribution in [0, 0.1) is 17.4 Å². The van der Waals surface area contributed by atoms with Crippen molar-refractivity contribution in [2.24, 2.45) is 5.41 Å². The van der Waals surface area contributed by atoms with Crippen LogP contribution in [0.3, 0.4) is 0 Å². The Morgan fingerprint density at radius 3 is 1.87 bits per heavy atom. The molecule has 132 valence electrons. The molecule has 1 rings (SSSR count). The molecule has 1 nitrogen and oxygen atoms in total. The van der Waals surface area contributed by atoms with Gasteiger partial charge in [0.15, 0.2) is 0 Å². The molecule has 0 fully saturated rings. The molecule has 0 heterocycles. The largest absolute Gasteiger partial charge is 2.00 e. The van der Waals surface area contributed by atoms with E-state index in [9.17, 15) is 4.79 Å². The van der Waals surface area contributed by atoms with Crippen molar-refractivity contribution in [3.8, 4) is 0 Å². The molecule has 0 aliphatic carbocycles. The molecule has 23 heavy (non-hydrogen) atoms. The summed E-state index contributed by atoms with van der Waals surface area (Å²) in [5.41, 5.74) is -0.0653. The van der Waals surface area contributed by atoms with Gasteiger partial charge in [0, 0.05) is 5.41 Å². The second kappa shape index (κ2) is 17.9. The van der Waals surface area contributed by atoms with Gasteiger partial charge < -0.3 is 5.92 Å². The predicted octanol–water partition coefficient (Wildman–Crippen LogP) is 6.68. The fourth-order valence-corrected chi connectivity index (χ4v) is 2.20. The van der Waals surface area contributed by atoms with Gasteiger partial charge in [-0.25, -0.2) is 0 Å². The fraction of sp³-hybridized carbons (Fsp3) is 0.619. The molecule has 2 heteroatoms. The number of hydrogen-bond acceptors (Lipinski definition) is 1. The van der Waals surface area contributed by atoms with Crippen LogP contribution in [0.4, 0.5) is 0 Å². The smallest absolute Gasteiger partial charge is 0.320 e. The summed E-state index contributed by atoms with van der Waals surface area (Å²) in [6.45, 7) is 14.3. The van der Waals surface area contributed by atoms with Gasteiger partial charge in [-0.05, 0) is 19.8 Å². The Hall–Kier alpha value is -0.422. The third kappa shape index (κ3) is 16.2. The Bertz CT molecular complexity index is 321. The van der Waals surface area contributed by atoms with E-state index in [4.69, 9.17) is 0 Å². The maximum atomic E-state index is 11.5. The minimum atomic E-state index is -0.0653. The first-order valence-corrected chi connectivity index (χ1v) is 8.63. The second-order valence-corrected chi connectivity index (χ2v) is 6.00. The molecule has 1 atom stereocenters. The number of carbonyl (C=O) groups excluding carboxylic acids is 1. The standard InChI is InChI=1S/C13H25O.C6H5.C2H6.W/c1-6-9-13(5,12(4)14)10-7-8-11(2)3;1-2-4-6-5-3-1;1-2;/h6-10H2,1-5H3;1-5H;1-2H3;/q2*-1;;+2. The molecule has 1 aromatic carbocycles.